The Bertz CT molecular complexity index is 785. The molecule has 3 aliphatic heterocycles. The number of piperidine rings is 1. The van der Waals surface area contributed by atoms with Crippen molar-refractivity contribution in [3.63, 3.8) is 0 Å². The van der Waals surface area contributed by atoms with Crippen LogP contribution in [0.4, 0.5) is 0 Å². The van der Waals surface area contributed by atoms with Crippen LogP contribution in [0.3, 0.4) is 0 Å². The topological polar surface area (TPSA) is 41.4 Å². The van der Waals surface area contributed by atoms with Gasteiger partial charge in [-0.1, -0.05) is 37.3 Å². The number of benzene rings is 1. The molecule has 5 heteroatoms. The molecule has 5 nitrogen and oxygen atoms in total. The van der Waals surface area contributed by atoms with E-state index in [0.29, 0.717) is 12.0 Å². The molecule has 2 atom stereocenters. The molecule has 0 aliphatic carbocycles. The van der Waals surface area contributed by atoms with Gasteiger partial charge in [-0.2, -0.15) is 5.10 Å². The van der Waals surface area contributed by atoms with Gasteiger partial charge >= 0.3 is 0 Å². The number of amides is 1. The van der Waals surface area contributed by atoms with E-state index in [1.165, 1.54) is 12.0 Å². The Morgan fingerprint density at radius 2 is 1.96 bits per heavy atom. The van der Waals surface area contributed by atoms with E-state index in [1.807, 2.05) is 11.6 Å². The molecule has 3 fully saturated rings. The normalized spacial score (nSPS) is 22.8. The highest BCUT2D eigenvalue weighted by atomic mass is 16.2. The van der Waals surface area contributed by atoms with Crippen molar-refractivity contribution in [3.8, 4) is 0 Å². The maximum atomic E-state index is 13.3. The summed E-state index contributed by atoms with van der Waals surface area (Å²) in [7, 11) is 0. The molecule has 0 spiro atoms. The first-order valence-corrected chi connectivity index (χ1v) is 10.3. The predicted octanol–water partition coefficient (Wildman–Crippen LogP) is 3.34. The van der Waals surface area contributed by atoms with Gasteiger partial charge in [-0.05, 0) is 37.7 Å². The van der Waals surface area contributed by atoms with Crippen LogP contribution < -0.4 is 0 Å². The van der Waals surface area contributed by atoms with E-state index in [4.69, 9.17) is 0 Å². The first-order valence-electron chi connectivity index (χ1n) is 10.3. The van der Waals surface area contributed by atoms with Crippen molar-refractivity contribution in [1.82, 2.24) is 19.6 Å². The van der Waals surface area contributed by atoms with Crippen LogP contribution in [-0.4, -0.2) is 51.2 Å². The first-order chi connectivity index (χ1) is 13.2. The largest absolute Gasteiger partial charge is 0.334 e. The van der Waals surface area contributed by atoms with E-state index in [9.17, 15) is 4.79 Å². The molecular weight excluding hydrogens is 336 g/mol. The molecule has 0 unspecified atom stereocenters. The number of carbonyl (C=O) groups excluding carboxylic acids is 1. The minimum Gasteiger partial charge on any atom is -0.334 e. The number of nitrogens with zero attached hydrogens (tertiary/aromatic N) is 4. The zero-order valence-electron chi connectivity index (χ0n) is 16.5. The fourth-order valence-electron chi connectivity index (χ4n) is 4.65. The number of aryl methyl sites for hydroxylation is 1. The lowest BCUT2D eigenvalue weighted by Crippen LogP contribution is -2.47. The number of fused-ring (bicyclic) bond motifs is 4. The molecule has 0 saturated carbocycles. The lowest BCUT2D eigenvalue weighted by atomic mass is 9.94. The summed E-state index contributed by atoms with van der Waals surface area (Å²) < 4.78 is 1.96. The lowest BCUT2D eigenvalue weighted by molar-refractivity contribution is 0.0584. The second-order valence-electron chi connectivity index (χ2n) is 8.10. The van der Waals surface area contributed by atoms with Crippen LogP contribution in [0.15, 0.2) is 36.5 Å². The maximum absolute atomic E-state index is 13.3. The molecule has 2 aromatic rings. The van der Waals surface area contributed by atoms with Crippen molar-refractivity contribution in [3.05, 3.63) is 53.3 Å². The molecule has 5 rings (SSSR count). The van der Waals surface area contributed by atoms with Crippen molar-refractivity contribution in [1.29, 1.82) is 0 Å². The third-order valence-electron chi connectivity index (χ3n) is 6.07. The van der Waals surface area contributed by atoms with Gasteiger partial charge in [0, 0.05) is 44.5 Å². The third-order valence-corrected chi connectivity index (χ3v) is 6.07. The van der Waals surface area contributed by atoms with E-state index >= 15 is 0 Å². The Balaban J connectivity index is 1.49. The van der Waals surface area contributed by atoms with Crippen LogP contribution in [0.25, 0.3) is 0 Å². The van der Waals surface area contributed by atoms with Crippen molar-refractivity contribution < 1.29 is 4.79 Å². The van der Waals surface area contributed by atoms with Gasteiger partial charge in [-0.3, -0.25) is 14.4 Å². The zero-order valence-corrected chi connectivity index (χ0v) is 16.5. The molecule has 27 heavy (non-hydrogen) atoms. The highest BCUT2D eigenvalue weighted by Gasteiger charge is 2.38. The molecule has 3 saturated heterocycles. The molecule has 1 amide bonds. The number of hydrogen-bond donors (Lipinski definition) is 0. The van der Waals surface area contributed by atoms with Gasteiger partial charge in [0.25, 0.3) is 5.91 Å². The zero-order chi connectivity index (χ0) is 18.8. The smallest absolute Gasteiger partial charge is 0.257 e. The number of rotatable bonds is 5. The van der Waals surface area contributed by atoms with Gasteiger partial charge in [0.1, 0.15) is 0 Å². The van der Waals surface area contributed by atoms with Crippen LogP contribution in [0.2, 0.25) is 0 Å². The van der Waals surface area contributed by atoms with E-state index in [2.05, 4.69) is 52.2 Å². The Kier molecular flexibility index (Phi) is 5.30. The summed E-state index contributed by atoms with van der Waals surface area (Å²) in [6.45, 7) is 8.94. The Morgan fingerprint density at radius 1 is 1.15 bits per heavy atom. The monoisotopic (exact) mass is 366 g/mol. The van der Waals surface area contributed by atoms with Crippen LogP contribution >= 0.6 is 0 Å². The quantitative estimate of drug-likeness (QED) is 0.815. The average molecular weight is 367 g/mol. The van der Waals surface area contributed by atoms with Crippen LogP contribution in [0, 0.1) is 12.8 Å². The molecule has 3 aliphatic rings. The van der Waals surface area contributed by atoms with Crippen LogP contribution in [-0.2, 0) is 13.1 Å². The summed E-state index contributed by atoms with van der Waals surface area (Å²) in [5, 5.41) is 4.44. The molecule has 0 radical (unpaired) electrons. The highest BCUT2D eigenvalue weighted by Crippen LogP contribution is 2.30. The van der Waals surface area contributed by atoms with Crippen molar-refractivity contribution in [2.45, 2.75) is 52.2 Å². The minimum atomic E-state index is 0.172. The van der Waals surface area contributed by atoms with E-state index in [0.717, 1.165) is 56.8 Å². The molecule has 1 aromatic heterocycles. The molecule has 2 bridgehead atoms. The molecular formula is C22H30N4O. The van der Waals surface area contributed by atoms with Crippen molar-refractivity contribution in [2.75, 3.05) is 19.6 Å². The fourth-order valence-corrected chi connectivity index (χ4v) is 4.65. The average Bonchev–Trinajstić information content (AvgIpc) is 2.84. The SMILES string of the molecule is CCCn1ncc(C(=O)N2C[C@@H]3CC[C@H]2CN(Cc2ccccc2)C3)c1C. The second-order valence-corrected chi connectivity index (χ2v) is 8.10. The van der Waals surface area contributed by atoms with Gasteiger partial charge in [0.2, 0.25) is 0 Å². The molecule has 4 heterocycles. The van der Waals surface area contributed by atoms with E-state index in [-0.39, 0.29) is 5.91 Å². The number of aromatic nitrogens is 2. The van der Waals surface area contributed by atoms with E-state index < -0.39 is 0 Å². The number of carbonyl (C=O) groups is 1. The molecule has 144 valence electrons. The van der Waals surface area contributed by atoms with Gasteiger partial charge in [0.15, 0.2) is 0 Å². The molecule has 1 aromatic carbocycles. The summed E-state index contributed by atoms with van der Waals surface area (Å²) in [6, 6.07) is 11.0. The highest BCUT2D eigenvalue weighted by molar-refractivity contribution is 5.95. The standard InChI is InChI=1S/C22H30N4O/c1-3-11-26-17(2)21(12-23-26)22(27)25-15-19-9-10-20(25)16-24(14-19)13-18-7-5-4-6-8-18/h4-8,12,19-20H,3,9-11,13-16H2,1-2H3/t19-,20+/m1/s1. The second kappa shape index (κ2) is 7.85. The van der Waals surface area contributed by atoms with Gasteiger partial charge in [0.05, 0.1) is 11.8 Å². The first kappa shape index (κ1) is 18.2. The minimum absolute atomic E-state index is 0.172. The van der Waals surface area contributed by atoms with Crippen LogP contribution in [0.1, 0.15) is 47.8 Å². The fraction of sp³-hybridized carbons (Fsp3) is 0.545. The van der Waals surface area contributed by atoms with Crippen molar-refractivity contribution >= 4 is 5.91 Å². The Morgan fingerprint density at radius 3 is 2.74 bits per heavy atom. The lowest BCUT2D eigenvalue weighted by Gasteiger charge is -2.36. The number of hydrogen-bond acceptors (Lipinski definition) is 3. The summed E-state index contributed by atoms with van der Waals surface area (Å²) in [6.07, 6.45) is 5.14. The maximum Gasteiger partial charge on any atom is 0.257 e. The van der Waals surface area contributed by atoms with Crippen LogP contribution in [0.5, 0.6) is 0 Å². The predicted molar refractivity (Wildman–Crippen MR) is 107 cm³/mol. The van der Waals surface area contributed by atoms with Crippen molar-refractivity contribution in [2.24, 2.45) is 5.92 Å². The summed E-state index contributed by atoms with van der Waals surface area (Å²) in [5.74, 6) is 0.744. The summed E-state index contributed by atoms with van der Waals surface area (Å²) in [4.78, 5) is 18.0. The molecule has 0 N–H and O–H groups in total. The summed E-state index contributed by atoms with van der Waals surface area (Å²) >= 11 is 0. The third kappa shape index (κ3) is 3.79. The van der Waals surface area contributed by atoms with E-state index in [1.54, 1.807) is 6.20 Å². The Labute approximate surface area is 162 Å². The Hall–Kier alpha value is -2.14. The van der Waals surface area contributed by atoms with Gasteiger partial charge < -0.3 is 4.90 Å². The summed E-state index contributed by atoms with van der Waals surface area (Å²) in [5.41, 5.74) is 3.14. The van der Waals surface area contributed by atoms with Gasteiger partial charge in [-0.25, -0.2) is 0 Å². The van der Waals surface area contributed by atoms with Gasteiger partial charge in [-0.15, -0.1) is 0 Å².